The first-order chi connectivity index (χ1) is 7.11. The highest BCUT2D eigenvalue weighted by Crippen LogP contribution is 2.09. The Morgan fingerprint density at radius 1 is 1.07 bits per heavy atom. The van der Waals surface area contributed by atoms with Crippen molar-refractivity contribution >= 4 is 11.7 Å². The molecule has 80 valence electrons. The second-order valence-electron chi connectivity index (χ2n) is 3.53. The van der Waals surface area contributed by atoms with Gasteiger partial charge in [0.25, 0.3) is 0 Å². The average molecular weight is 204 g/mol. The molecule has 1 aromatic carbocycles. The van der Waals surface area contributed by atoms with Gasteiger partial charge in [-0.2, -0.15) is 5.10 Å². The molecular weight excluding hydrogens is 188 g/mol. The maximum Gasteiger partial charge on any atom is 0.211 e. The SMILES string of the molecule is CC(C)/C(=N\N=C(N)N)c1ccccc1. The van der Waals surface area contributed by atoms with Crippen molar-refractivity contribution in [2.24, 2.45) is 27.6 Å². The lowest BCUT2D eigenvalue weighted by Gasteiger charge is -2.07. The van der Waals surface area contributed by atoms with E-state index in [4.69, 9.17) is 11.5 Å². The average Bonchev–Trinajstić information content (AvgIpc) is 2.18. The van der Waals surface area contributed by atoms with Crippen molar-refractivity contribution in [3.8, 4) is 0 Å². The second kappa shape index (κ2) is 5.14. The molecule has 0 amide bonds. The number of hydrogen-bond donors (Lipinski definition) is 2. The molecule has 4 nitrogen and oxygen atoms in total. The summed E-state index contributed by atoms with van der Waals surface area (Å²) in [5.41, 5.74) is 12.4. The number of benzene rings is 1. The van der Waals surface area contributed by atoms with Crippen LogP contribution in [-0.2, 0) is 0 Å². The van der Waals surface area contributed by atoms with E-state index in [-0.39, 0.29) is 11.9 Å². The van der Waals surface area contributed by atoms with Gasteiger partial charge >= 0.3 is 0 Å². The quantitative estimate of drug-likeness (QED) is 0.442. The van der Waals surface area contributed by atoms with Gasteiger partial charge in [0.05, 0.1) is 5.71 Å². The Morgan fingerprint density at radius 3 is 2.13 bits per heavy atom. The van der Waals surface area contributed by atoms with E-state index in [0.717, 1.165) is 11.3 Å². The molecule has 0 atom stereocenters. The lowest BCUT2D eigenvalue weighted by molar-refractivity contribution is 0.875. The molecular formula is C11H16N4. The van der Waals surface area contributed by atoms with E-state index in [1.165, 1.54) is 0 Å². The minimum Gasteiger partial charge on any atom is -0.369 e. The van der Waals surface area contributed by atoms with Crippen LogP contribution >= 0.6 is 0 Å². The Bertz CT molecular complexity index is 361. The molecule has 0 aliphatic rings. The maximum atomic E-state index is 5.24. The van der Waals surface area contributed by atoms with Crippen LogP contribution in [0.4, 0.5) is 0 Å². The third kappa shape index (κ3) is 3.42. The largest absolute Gasteiger partial charge is 0.369 e. The zero-order valence-corrected chi connectivity index (χ0v) is 9.01. The van der Waals surface area contributed by atoms with Gasteiger partial charge in [-0.1, -0.05) is 44.2 Å². The van der Waals surface area contributed by atoms with Gasteiger partial charge in [-0.15, -0.1) is 5.10 Å². The third-order valence-electron chi connectivity index (χ3n) is 1.89. The smallest absolute Gasteiger partial charge is 0.211 e. The van der Waals surface area contributed by atoms with Gasteiger partial charge in [-0.25, -0.2) is 0 Å². The Morgan fingerprint density at radius 2 is 1.67 bits per heavy atom. The summed E-state index contributed by atoms with van der Waals surface area (Å²) in [5, 5.41) is 7.73. The molecule has 0 aliphatic carbocycles. The molecule has 4 N–H and O–H groups in total. The number of nitrogens with zero attached hydrogens (tertiary/aromatic N) is 2. The van der Waals surface area contributed by atoms with Gasteiger partial charge in [0.2, 0.25) is 5.96 Å². The summed E-state index contributed by atoms with van der Waals surface area (Å²) in [6.07, 6.45) is 0. The zero-order valence-electron chi connectivity index (χ0n) is 9.01. The normalized spacial score (nSPS) is 11.5. The van der Waals surface area contributed by atoms with Crippen LogP contribution in [0.2, 0.25) is 0 Å². The Labute approximate surface area is 89.7 Å². The van der Waals surface area contributed by atoms with Crippen molar-refractivity contribution < 1.29 is 0 Å². The van der Waals surface area contributed by atoms with Gasteiger partial charge < -0.3 is 11.5 Å². The Balaban J connectivity index is 3.04. The monoisotopic (exact) mass is 204 g/mol. The standard InChI is InChI=1S/C11H16N4/c1-8(2)10(14-15-11(12)13)9-6-4-3-5-7-9/h3-8H,1-2H3,(H4,12,13,15)/b14-10+. The van der Waals surface area contributed by atoms with E-state index in [0.29, 0.717) is 0 Å². The first-order valence-electron chi connectivity index (χ1n) is 4.83. The molecule has 0 unspecified atom stereocenters. The predicted molar refractivity (Wildman–Crippen MR) is 63.6 cm³/mol. The lowest BCUT2D eigenvalue weighted by atomic mass is 10.0. The fourth-order valence-electron chi connectivity index (χ4n) is 1.23. The van der Waals surface area contributed by atoms with Crippen LogP contribution in [0, 0.1) is 5.92 Å². The topological polar surface area (TPSA) is 76.8 Å². The minimum atomic E-state index is -0.0240. The van der Waals surface area contributed by atoms with Gasteiger partial charge in [-0.05, 0) is 11.5 Å². The van der Waals surface area contributed by atoms with Crippen molar-refractivity contribution in [2.75, 3.05) is 0 Å². The Hall–Kier alpha value is -1.84. The van der Waals surface area contributed by atoms with Crippen LogP contribution in [0.3, 0.4) is 0 Å². The van der Waals surface area contributed by atoms with E-state index in [9.17, 15) is 0 Å². The highest BCUT2D eigenvalue weighted by atomic mass is 15.3. The molecule has 1 rings (SSSR count). The van der Waals surface area contributed by atoms with Crippen molar-refractivity contribution in [2.45, 2.75) is 13.8 Å². The van der Waals surface area contributed by atoms with Crippen molar-refractivity contribution in [3.05, 3.63) is 35.9 Å². The number of guanidine groups is 1. The van der Waals surface area contributed by atoms with Crippen LogP contribution in [0.1, 0.15) is 19.4 Å². The number of hydrogen-bond acceptors (Lipinski definition) is 2. The maximum absolute atomic E-state index is 5.24. The highest BCUT2D eigenvalue weighted by molar-refractivity contribution is 6.02. The first kappa shape index (κ1) is 11.2. The summed E-state index contributed by atoms with van der Waals surface area (Å²) in [6, 6.07) is 9.86. The molecule has 0 aliphatic heterocycles. The number of rotatable bonds is 3. The zero-order chi connectivity index (χ0) is 11.3. The van der Waals surface area contributed by atoms with Gasteiger partial charge in [0.15, 0.2) is 0 Å². The molecule has 4 heteroatoms. The van der Waals surface area contributed by atoms with E-state index >= 15 is 0 Å². The molecule has 0 saturated heterocycles. The van der Waals surface area contributed by atoms with Gasteiger partial charge in [0.1, 0.15) is 0 Å². The summed E-state index contributed by atoms with van der Waals surface area (Å²) in [7, 11) is 0. The molecule has 0 spiro atoms. The third-order valence-corrected chi connectivity index (χ3v) is 1.89. The van der Waals surface area contributed by atoms with E-state index in [2.05, 4.69) is 10.2 Å². The van der Waals surface area contributed by atoms with E-state index in [1.54, 1.807) is 0 Å². The Kier molecular flexibility index (Phi) is 3.85. The summed E-state index contributed by atoms with van der Waals surface area (Å²) in [6.45, 7) is 4.10. The van der Waals surface area contributed by atoms with Crippen LogP contribution in [0.25, 0.3) is 0 Å². The molecule has 0 bridgehead atoms. The molecule has 0 heterocycles. The summed E-state index contributed by atoms with van der Waals surface area (Å²) in [5.74, 6) is 0.250. The van der Waals surface area contributed by atoms with Crippen LogP contribution in [0.5, 0.6) is 0 Å². The molecule has 1 aromatic rings. The lowest BCUT2D eigenvalue weighted by Crippen LogP contribution is -2.22. The highest BCUT2D eigenvalue weighted by Gasteiger charge is 2.07. The van der Waals surface area contributed by atoms with Crippen molar-refractivity contribution in [1.29, 1.82) is 0 Å². The summed E-state index contributed by atoms with van der Waals surface area (Å²) in [4.78, 5) is 0. The first-order valence-corrected chi connectivity index (χ1v) is 4.83. The number of nitrogens with two attached hydrogens (primary N) is 2. The van der Waals surface area contributed by atoms with Crippen LogP contribution < -0.4 is 11.5 Å². The molecule has 0 radical (unpaired) electrons. The van der Waals surface area contributed by atoms with E-state index < -0.39 is 0 Å². The van der Waals surface area contributed by atoms with Gasteiger partial charge in [0, 0.05) is 0 Å². The van der Waals surface area contributed by atoms with Crippen LogP contribution in [0.15, 0.2) is 40.5 Å². The second-order valence-corrected chi connectivity index (χ2v) is 3.53. The minimum absolute atomic E-state index is 0.0240. The van der Waals surface area contributed by atoms with Gasteiger partial charge in [-0.3, -0.25) is 0 Å². The fraction of sp³-hybridized carbons (Fsp3) is 0.273. The van der Waals surface area contributed by atoms with E-state index in [1.807, 2.05) is 44.2 Å². The molecule has 0 saturated carbocycles. The molecule has 0 aromatic heterocycles. The molecule has 0 fully saturated rings. The summed E-state index contributed by atoms with van der Waals surface area (Å²) < 4.78 is 0. The van der Waals surface area contributed by atoms with Crippen molar-refractivity contribution in [3.63, 3.8) is 0 Å². The van der Waals surface area contributed by atoms with Crippen LogP contribution in [-0.4, -0.2) is 11.7 Å². The fourth-order valence-corrected chi connectivity index (χ4v) is 1.23. The molecule has 15 heavy (non-hydrogen) atoms. The van der Waals surface area contributed by atoms with Crippen molar-refractivity contribution in [1.82, 2.24) is 0 Å². The summed E-state index contributed by atoms with van der Waals surface area (Å²) >= 11 is 0. The predicted octanol–water partition coefficient (Wildman–Crippen LogP) is 1.32.